The average molecular weight is 532 g/mol. The molecule has 3 aliphatic heterocycles. The summed E-state index contributed by atoms with van der Waals surface area (Å²) in [5.41, 5.74) is 1.43. The van der Waals surface area contributed by atoms with E-state index in [1.807, 2.05) is 35.2 Å². The molecule has 2 aromatic rings. The van der Waals surface area contributed by atoms with Crippen molar-refractivity contribution in [3.63, 3.8) is 0 Å². The van der Waals surface area contributed by atoms with Gasteiger partial charge in [-0.2, -0.15) is 13.2 Å². The maximum Gasteiger partial charge on any atom is 0.470 e. The number of alkyl halides is 3. The number of piperidine rings is 1. The van der Waals surface area contributed by atoms with E-state index in [9.17, 15) is 18.0 Å². The van der Waals surface area contributed by atoms with Gasteiger partial charge in [0.15, 0.2) is 0 Å². The number of amides is 2. The van der Waals surface area contributed by atoms with Crippen molar-refractivity contribution in [3.8, 4) is 0 Å². The van der Waals surface area contributed by atoms with Crippen molar-refractivity contribution in [2.24, 2.45) is 15.6 Å². The SMILES string of the molecule is CCN1CCC2(CC1)CN(C(=O)N(Cc1ccc(C3=NN=C(C(F)(F)F)OC3)cc1F)c1ccccc1)C2. The second kappa shape index (κ2) is 10.4. The Morgan fingerprint density at radius 2 is 1.79 bits per heavy atom. The molecule has 0 aromatic heterocycles. The lowest BCUT2D eigenvalue weighted by atomic mass is 9.72. The summed E-state index contributed by atoms with van der Waals surface area (Å²) in [7, 11) is 0. The molecule has 1 spiro atoms. The monoisotopic (exact) mass is 531 g/mol. The minimum atomic E-state index is -4.74. The van der Waals surface area contributed by atoms with Crippen molar-refractivity contribution >= 4 is 23.3 Å². The van der Waals surface area contributed by atoms with Crippen molar-refractivity contribution in [2.45, 2.75) is 32.5 Å². The van der Waals surface area contributed by atoms with Crippen LogP contribution in [-0.4, -0.2) is 72.9 Å². The van der Waals surface area contributed by atoms with Gasteiger partial charge >= 0.3 is 18.1 Å². The van der Waals surface area contributed by atoms with E-state index in [0.29, 0.717) is 18.8 Å². The van der Waals surface area contributed by atoms with Crippen LogP contribution in [0.5, 0.6) is 0 Å². The van der Waals surface area contributed by atoms with Crippen molar-refractivity contribution in [1.82, 2.24) is 9.80 Å². The molecule has 0 saturated carbocycles. The minimum Gasteiger partial charge on any atom is -0.467 e. The third kappa shape index (κ3) is 5.38. The van der Waals surface area contributed by atoms with Crippen molar-refractivity contribution in [2.75, 3.05) is 44.2 Å². The number of carbonyl (C=O) groups excluding carboxylic acids is 1. The Kier molecular flexibility index (Phi) is 7.13. The van der Waals surface area contributed by atoms with E-state index in [2.05, 4.69) is 26.8 Å². The number of hydrogen-bond acceptors (Lipinski definition) is 5. The number of urea groups is 1. The molecule has 5 rings (SSSR count). The molecule has 2 saturated heterocycles. The number of ether oxygens (including phenoxy) is 1. The largest absolute Gasteiger partial charge is 0.470 e. The topological polar surface area (TPSA) is 60.7 Å². The molecular formula is C27H29F4N5O2. The summed E-state index contributed by atoms with van der Waals surface area (Å²) in [5, 5.41) is 6.64. The third-order valence-electron chi connectivity index (χ3n) is 7.55. The Hall–Kier alpha value is -3.47. The van der Waals surface area contributed by atoms with Crippen LogP contribution in [0.4, 0.5) is 28.0 Å². The predicted octanol–water partition coefficient (Wildman–Crippen LogP) is 5.07. The summed E-state index contributed by atoms with van der Waals surface area (Å²) >= 11 is 0. The summed E-state index contributed by atoms with van der Waals surface area (Å²) in [5.74, 6) is -2.03. The van der Waals surface area contributed by atoms with Gasteiger partial charge in [0.2, 0.25) is 0 Å². The van der Waals surface area contributed by atoms with Crippen molar-refractivity contribution < 1.29 is 27.1 Å². The molecule has 0 radical (unpaired) electrons. The van der Waals surface area contributed by atoms with Crippen LogP contribution in [0, 0.1) is 11.2 Å². The molecule has 0 bridgehead atoms. The van der Waals surface area contributed by atoms with E-state index in [-0.39, 0.29) is 34.8 Å². The van der Waals surface area contributed by atoms with Gasteiger partial charge in [0.25, 0.3) is 0 Å². The number of para-hydroxylation sites is 1. The lowest BCUT2D eigenvalue weighted by Gasteiger charge is -2.54. The number of nitrogens with zero attached hydrogens (tertiary/aromatic N) is 5. The first-order valence-corrected chi connectivity index (χ1v) is 12.6. The van der Waals surface area contributed by atoms with Crippen LogP contribution in [0.3, 0.4) is 0 Å². The summed E-state index contributed by atoms with van der Waals surface area (Å²) in [6, 6.07) is 13.2. The lowest BCUT2D eigenvalue weighted by Crippen LogP contribution is -2.64. The number of carbonyl (C=O) groups is 1. The van der Waals surface area contributed by atoms with Crippen molar-refractivity contribution in [3.05, 3.63) is 65.5 Å². The molecule has 2 aromatic carbocycles. The fraction of sp³-hybridized carbons (Fsp3) is 0.444. The molecule has 202 valence electrons. The van der Waals surface area contributed by atoms with Gasteiger partial charge in [-0.25, -0.2) is 9.18 Å². The van der Waals surface area contributed by atoms with Crippen LogP contribution in [0.15, 0.2) is 58.7 Å². The van der Waals surface area contributed by atoms with Gasteiger partial charge in [-0.05, 0) is 50.7 Å². The van der Waals surface area contributed by atoms with E-state index >= 15 is 4.39 Å². The smallest absolute Gasteiger partial charge is 0.467 e. The van der Waals surface area contributed by atoms with Crippen molar-refractivity contribution in [1.29, 1.82) is 0 Å². The normalized spacial score (nSPS) is 19.3. The Morgan fingerprint density at radius 3 is 2.37 bits per heavy atom. The maximum atomic E-state index is 15.2. The third-order valence-corrected chi connectivity index (χ3v) is 7.55. The van der Waals surface area contributed by atoms with Crippen LogP contribution in [0.2, 0.25) is 0 Å². The second-order valence-electron chi connectivity index (χ2n) is 10.0. The van der Waals surface area contributed by atoms with Gasteiger partial charge < -0.3 is 14.5 Å². The first-order chi connectivity index (χ1) is 18.2. The molecule has 11 heteroatoms. The number of anilines is 1. The molecule has 38 heavy (non-hydrogen) atoms. The zero-order chi connectivity index (χ0) is 26.9. The number of benzene rings is 2. The van der Waals surface area contributed by atoms with Gasteiger partial charge in [0.1, 0.15) is 18.1 Å². The molecule has 0 N–H and O–H groups in total. The van der Waals surface area contributed by atoms with Gasteiger partial charge in [-0.1, -0.05) is 37.3 Å². The van der Waals surface area contributed by atoms with Gasteiger partial charge in [0, 0.05) is 35.3 Å². The second-order valence-corrected chi connectivity index (χ2v) is 10.0. The van der Waals surface area contributed by atoms with E-state index in [4.69, 9.17) is 0 Å². The van der Waals surface area contributed by atoms with Crippen LogP contribution in [0.25, 0.3) is 0 Å². The molecule has 2 fully saturated rings. The standard InChI is InChI=1S/C27H29F4N5O2/c1-2-34-12-10-26(11-13-34)17-35(18-26)25(37)36(21-6-4-3-5-7-21)15-20-9-8-19(14-22(20)28)23-16-38-24(33-32-23)27(29,30)31/h3-9,14H,2,10-13,15-18H2,1H3. The van der Waals surface area contributed by atoms with Gasteiger partial charge in [0.05, 0.1) is 6.54 Å². The van der Waals surface area contributed by atoms with Gasteiger partial charge in [-0.15, -0.1) is 10.2 Å². The zero-order valence-corrected chi connectivity index (χ0v) is 21.0. The van der Waals surface area contributed by atoms with Gasteiger partial charge in [-0.3, -0.25) is 4.90 Å². The molecule has 2 amide bonds. The summed E-state index contributed by atoms with van der Waals surface area (Å²) in [6.07, 6.45) is -2.61. The van der Waals surface area contributed by atoms with E-state index in [0.717, 1.165) is 32.5 Å². The molecule has 7 nitrogen and oxygen atoms in total. The molecule has 0 unspecified atom stereocenters. The molecule has 3 heterocycles. The Labute approximate surface area is 218 Å². The maximum absolute atomic E-state index is 15.2. The van der Waals surface area contributed by atoms with E-state index < -0.39 is 24.5 Å². The van der Waals surface area contributed by atoms with Crippen LogP contribution >= 0.6 is 0 Å². The number of hydrogen-bond donors (Lipinski definition) is 0. The summed E-state index contributed by atoms with van der Waals surface area (Å²) in [4.78, 5) is 19.4. The Balaban J connectivity index is 1.31. The zero-order valence-electron chi connectivity index (χ0n) is 21.0. The summed E-state index contributed by atoms with van der Waals surface area (Å²) in [6.45, 7) is 6.18. The summed E-state index contributed by atoms with van der Waals surface area (Å²) < 4.78 is 58.0. The molecule has 0 atom stereocenters. The van der Waals surface area contributed by atoms with Crippen LogP contribution in [0.1, 0.15) is 30.9 Å². The number of halogens is 4. The average Bonchev–Trinajstić information content (AvgIpc) is 2.91. The first kappa shape index (κ1) is 26.1. The van der Waals surface area contributed by atoms with E-state index in [1.165, 1.54) is 12.1 Å². The first-order valence-electron chi connectivity index (χ1n) is 12.6. The fourth-order valence-electron chi connectivity index (χ4n) is 5.21. The fourth-order valence-corrected chi connectivity index (χ4v) is 5.21. The number of likely N-dealkylation sites (tertiary alicyclic amines) is 2. The molecule has 3 aliphatic rings. The Bertz CT molecular complexity index is 1230. The highest BCUT2D eigenvalue weighted by molar-refractivity contribution is 6.04. The minimum absolute atomic E-state index is 0.00141. The highest BCUT2D eigenvalue weighted by Crippen LogP contribution is 2.41. The highest BCUT2D eigenvalue weighted by Gasteiger charge is 2.47. The predicted molar refractivity (Wildman–Crippen MR) is 136 cm³/mol. The molecule has 0 aliphatic carbocycles. The lowest BCUT2D eigenvalue weighted by molar-refractivity contribution is -0.0774. The quantitative estimate of drug-likeness (QED) is 0.507. The Morgan fingerprint density at radius 1 is 1.08 bits per heavy atom. The van der Waals surface area contributed by atoms with Crippen LogP contribution < -0.4 is 4.90 Å². The molecular weight excluding hydrogens is 502 g/mol. The number of rotatable bonds is 5. The van der Waals surface area contributed by atoms with Crippen LogP contribution in [-0.2, 0) is 11.3 Å². The highest BCUT2D eigenvalue weighted by atomic mass is 19.4. The van der Waals surface area contributed by atoms with E-state index in [1.54, 1.807) is 11.0 Å².